The van der Waals surface area contributed by atoms with Gasteiger partial charge in [0.25, 0.3) is 5.56 Å². The maximum atomic E-state index is 11.6. The van der Waals surface area contributed by atoms with Crippen LogP contribution >= 0.6 is 0 Å². The van der Waals surface area contributed by atoms with Crippen LogP contribution in [-0.4, -0.2) is 15.5 Å². The molecule has 15 heavy (non-hydrogen) atoms. The number of carbonyl (C=O) groups excluding carboxylic acids is 1. The zero-order valence-corrected chi connectivity index (χ0v) is 8.10. The molecule has 0 aliphatic rings. The molecule has 0 saturated carbocycles. The summed E-state index contributed by atoms with van der Waals surface area (Å²) in [7, 11) is 1.48. The molecule has 0 fully saturated rings. The van der Waals surface area contributed by atoms with E-state index in [0.29, 0.717) is 0 Å². The average molecular weight is 207 g/mol. The fourth-order valence-electron chi connectivity index (χ4n) is 1.43. The van der Waals surface area contributed by atoms with Crippen LogP contribution in [0.1, 0.15) is 16.1 Å². The van der Waals surface area contributed by atoms with Crippen molar-refractivity contribution in [2.75, 3.05) is 0 Å². The zero-order valence-electron chi connectivity index (χ0n) is 8.10. The van der Waals surface area contributed by atoms with E-state index in [1.54, 1.807) is 0 Å². The molecule has 0 N–H and O–H groups in total. The van der Waals surface area contributed by atoms with Crippen molar-refractivity contribution in [2.24, 2.45) is 7.05 Å². The Morgan fingerprint density at radius 2 is 2.27 bits per heavy atom. The molecule has 0 unspecified atom stereocenters. The van der Waals surface area contributed by atoms with E-state index in [9.17, 15) is 14.7 Å². The van der Waals surface area contributed by atoms with Crippen molar-refractivity contribution < 1.29 is 14.3 Å². The van der Waals surface area contributed by atoms with Crippen LogP contribution < -0.4 is 10.7 Å². The van der Waals surface area contributed by atoms with Gasteiger partial charge >= 0.3 is 0 Å². The molecule has 2 aromatic heterocycles. The highest BCUT2D eigenvalue weighted by atomic mass is 16.4. The summed E-state index contributed by atoms with van der Waals surface area (Å²) < 4.78 is 6.24. The third-order valence-electron chi connectivity index (χ3n) is 2.15. The highest BCUT2D eigenvalue weighted by Gasteiger charge is 2.16. The SMILES string of the molecule is Cc1oc2ncn(C)c(=O)c2c1C(=O)[O-]. The lowest BCUT2D eigenvalue weighted by atomic mass is 10.2. The molecule has 0 aliphatic carbocycles. The normalized spacial score (nSPS) is 10.8. The Balaban J connectivity index is 3.03. The summed E-state index contributed by atoms with van der Waals surface area (Å²) in [5, 5.41) is 10.8. The van der Waals surface area contributed by atoms with Crippen molar-refractivity contribution in [3.8, 4) is 0 Å². The van der Waals surface area contributed by atoms with Crippen LogP contribution in [0.5, 0.6) is 0 Å². The molecule has 0 aromatic carbocycles. The molecule has 2 aromatic rings. The van der Waals surface area contributed by atoms with Crippen molar-refractivity contribution in [1.82, 2.24) is 9.55 Å². The standard InChI is InChI=1S/C9H8N2O4/c1-4-5(9(13)14)6-7(15-4)10-3-11(2)8(6)12/h3H,1-2H3,(H,13,14)/p-1. The molecule has 0 bridgehead atoms. The third-order valence-corrected chi connectivity index (χ3v) is 2.15. The van der Waals surface area contributed by atoms with Crippen LogP contribution in [0, 0.1) is 6.92 Å². The lowest BCUT2D eigenvalue weighted by Crippen LogP contribution is -2.26. The van der Waals surface area contributed by atoms with Crippen molar-refractivity contribution in [3.63, 3.8) is 0 Å². The lowest BCUT2D eigenvalue weighted by Gasteiger charge is -1.99. The van der Waals surface area contributed by atoms with E-state index < -0.39 is 11.5 Å². The minimum atomic E-state index is -1.43. The summed E-state index contributed by atoms with van der Waals surface area (Å²) in [6, 6.07) is 0. The largest absolute Gasteiger partial charge is 0.545 e. The van der Waals surface area contributed by atoms with Crippen LogP contribution in [0.4, 0.5) is 0 Å². The number of hydrogen-bond acceptors (Lipinski definition) is 5. The maximum Gasteiger partial charge on any atom is 0.265 e. The van der Waals surface area contributed by atoms with Crippen molar-refractivity contribution in [1.29, 1.82) is 0 Å². The van der Waals surface area contributed by atoms with Gasteiger partial charge in [0.05, 0.1) is 11.5 Å². The molecular weight excluding hydrogens is 200 g/mol. The summed E-state index contributed by atoms with van der Waals surface area (Å²) >= 11 is 0. The third kappa shape index (κ3) is 1.22. The van der Waals surface area contributed by atoms with Gasteiger partial charge in [0, 0.05) is 7.05 Å². The number of furan rings is 1. The summed E-state index contributed by atoms with van der Waals surface area (Å²) in [6.07, 6.45) is 1.27. The smallest absolute Gasteiger partial charge is 0.265 e. The highest BCUT2D eigenvalue weighted by molar-refractivity contribution is 6.01. The molecule has 6 heteroatoms. The first-order valence-electron chi connectivity index (χ1n) is 4.18. The predicted octanol–water partition coefficient (Wildman–Crippen LogP) is -0.802. The van der Waals surface area contributed by atoms with Crippen LogP contribution in [0.2, 0.25) is 0 Å². The number of rotatable bonds is 1. The molecular formula is C9H7N2O4-. The van der Waals surface area contributed by atoms with Gasteiger partial charge in [0.1, 0.15) is 17.5 Å². The number of aromatic carboxylic acids is 1. The fourth-order valence-corrected chi connectivity index (χ4v) is 1.43. The second-order valence-corrected chi connectivity index (χ2v) is 3.16. The molecule has 78 valence electrons. The molecule has 0 saturated heterocycles. The number of carbonyl (C=O) groups is 1. The van der Waals surface area contributed by atoms with Gasteiger partial charge in [-0.05, 0) is 6.92 Å². The Labute approximate surface area is 83.8 Å². The first kappa shape index (κ1) is 9.45. The highest BCUT2D eigenvalue weighted by Crippen LogP contribution is 2.19. The van der Waals surface area contributed by atoms with Crippen molar-refractivity contribution in [3.05, 3.63) is 28.0 Å². The van der Waals surface area contributed by atoms with E-state index >= 15 is 0 Å². The van der Waals surface area contributed by atoms with Gasteiger partial charge in [-0.25, -0.2) is 4.98 Å². The van der Waals surface area contributed by atoms with Crippen molar-refractivity contribution in [2.45, 2.75) is 6.92 Å². The van der Waals surface area contributed by atoms with Gasteiger partial charge in [-0.2, -0.15) is 0 Å². The van der Waals surface area contributed by atoms with Crippen LogP contribution in [0.3, 0.4) is 0 Å². The van der Waals surface area contributed by atoms with Gasteiger partial charge in [-0.3, -0.25) is 4.79 Å². The second-order valence-electron chi connectivity index (χ2n) is 3.16. The Morgan fingerprint density at radius 1 is 1.60 bits per heavy atom. The van der Waals surface area contributed by atoms with Crippen LogP contribution in [-0.2, 0) is 7.05 Å². The zero-order chi connectivity index (χ0) is 11.2. The number of carboxylic acid groups (broad SMARTS) is 1. The minimum absolute atomic E-state index is 0.0230. The van der Waals surface area contributed by atoms with Crippen LogP contribution in [0.25, 0.3) is 11.1 Å². The monoisotopic (exact) mass is 207 g/mol. The van der Waals surface area contributed by atoms with Gasteiger partial charge in [-0.1, -0.05) is 0 Å². The molecule has 0 atom stereocenters. The topological polar surface area (TPSA) is 88.2 Å². The molecule has 6 nitrogen and oxygen atoms in total. The number of hydrogen-bond donors (Lipinski definition) is 0. The van der Waals surface area contributed by atoms with E-state index in [4.69, 9.17) is 4.42 Å². The number of carboxylic acids is 1. The fraction of sp³-hybridized carbons (Fsp3) is 0.222. The molecule has 0 radical (unpaired) electrons. The first-order chi connectivity index (χ1) is 7.02. The summed E-state index contributed by atoms with van der Waals surface area (Å²) in [4.78, 5) is 26.3. The maximum absolute atomic E-state index is 11.6. The number of fused-ring (bicyclic) bond motifs is 1. The molecule has 2 heterocycles. The number of aromatic nitrogens is 2. The first-order valence-corrected chi connectivity index (χ1v) is 4.18. The number of nitrogens with zero attached hydrogens (tertiary/aromatic N) is 2. The molecule has 0 spiro atoms. The number of aryl methyl sites for hydroxylation is 2. The Hall–Kier alpha value is -2.11. The Bertz CT molecular complexity index is 608. The molecule has 0 amide bonds. The Morgan fingerprint density at radius 3 is 2.87 bits per heavy atom. The quantitative estimate of drug-likeness (QED) is 0.610. The lowest BCUT2D eigenvalue weighted by molar-refractivity contribution is -0.254. The van der Waals surface area contributed by atoms with Gasteiger partial charge in [0.2, 0.25) is 5.71 Å². The van der Waals surface area contributed by atoms with Crippen molar-refractivity contribution >= 4 is 17.1 Å². The summed E-state index contributed by atoms with van der Waals surface area (Å²) in [6.45, 7) is 1.45. The van der Waals surface area contributed by atoms with E-state index in [-0.39, 0.29) is 22.4 Å². The predicted molar refractivity (Wildman–Crippen MR) is 48.3 cm³/mol. The minimum Gasteiger partial charge on any atom is -0.545 e. The Kier molecular flexibility index (Phi) is 1.85. The van der Waals surface area contributed by atoms with E-state index in [1.165, 1.54) is 24.9 Å². The summed E-state index contributed by atoms with van der Waals surface area (Å²) in [5.41, 5.74) is -0.662. The van der Waals surface area contributed by atoms with E-state index in [0.717, 1.165) is 0 Å². The molecule has 0 aliphatic heterocycles. The second kappa shape index (κ2) is 2.94. The van der Waals surface area contributed by atoms with E-state index in [2.05, 4.69) is 4.98 Å². The average Bonchev–Trinajstić information content (AvgIpc) is 2.49. The van der Waals surface area contributed by atoms with E-state index in [1.807, 2.05) is 0 Å². The van der Waals surface area contributed by atoms with Gasteiger partial charge in [0.15, 0.2) is 0 Å². The van der Waals surface area contributed by atoms with Gasteiger partial charge < -0.3 is 18.9 Å². The van der Waals surface area contributed by atoms with Crippen LogP contribution in [0.15, 0.2) is 15.5 Å². The van der Waals surface area contributed by atoms with Gasteiger partial charge in [-0.15, -0.1) is 0 Å². The summed E-state index contributed by atoms with van der Waals surface area (Å²) in [5.74, 6) is -1.31. The molecule has 2 rings (SSSR count).